The van der Waals surface area contributed by atoms with Gasteiger partial charge >= 0.3 is 0 Å². The van der Waals surface area contributed by atoms with E-state index in [-0.39, 0.29) is 17.2 Å². The van der Waals surface area contributed by atoms with Gasteiger partial charge in [0.05, 0.1) is 0 Å². The maximum absolute atomic E-state index is 9.52. The summed E-state index contributed by atoms with van der Waals surface area (Å²) in [7, 11) is 2.09. The molecule has 0 heterocycles. The minimum Gasteiger partial charge on any atom is -0.410 e. The lowest BCUT2D eigenvalue weighted by atomic mass is 10.8. The van der Waals surface area contributed by atoms with Crippen molar-refractivity contribution in [1.29, 1.82) is 0 Å². The second kappa shape index (κ2) is 5.32. The van der Waals surface area contributed by atoms with Gasteiger partial charge in [-0.3, -0.25) is 0 Å². The summed E-state index contributed by atoms with van der Waals surface area (Å²) in [5.74, 6) is 0. The van der Waals surface area contributed by atoms with E-state index in [2.05, 4.69) is 37.2 Å². The van der Waals surface area contributed by atoms with Crippen LogP contribution < -0.4 is 0 Å². The van der Waals surface area contributed by atoms with Gasteiger partial charge in [0.25, 0.3) is 0 Å². The number of thiol groups is 1. The molecule has 0 aromatic rings. The van der Waals surface area contributed by atoms with Gasteiger partial charge in [0.15, 0.2) is 6.67 Å². The summed E-state index contributed by atoms with van der Waals surface area (Å²) in [6.07, 6.45) is 0. The molecule has 0 saturated carbocycles. The van der Waals surface area contributed by atoms with Crippen LogP contribution in [0.3, 0.4) is 0 Å². The molecule has 0 radical (unpaired) electrons. The van der Waals surface area contributed by atoms with Gasteiger partial charge in [-0.05, 0) is 5.18 Å². The lowest BCUT2D eigenvalue weighted by molar-refractivity contribution is 0.321. The highest BCUT2D eigenvalue weighted by molar-refractivity contribution is 8.01. The summed E-state index contributed by atoms with van der Waals surface area (Å²) in [6.45, 7) is -0.216. The van der Waals surface area contributed by atoms with Crippen molar-refractivity contribution < 1.29 is 5.21 Å². The van der Waals surface area contributed by atoms with Crippen LogP contribution in [-0.4, -0.2) is 22.4 Å². The third kappa shape index (κ3) is 3.53. The standard InChI is InChI=1S/C3H6N3O2PS/c7-5-1-4-3(10)2(9)6-8/h8H,1,9H2,(H,4,10)/b6-2+. The highest BCUT2D eigenvalue weighted by Gasteiger charge is 1.95. The molecule has 0 rings (SSSR count). The molecular weight excluding hydrogens is 173 g/mol. The van der Waals surface area contributed by atoms with E-state index in [0.717, 1.165) is 0 Å². The van der Waals surface area contributed by atoms with Crippen LogP contribution in [0.4, 0.5) is 0 Å². The molecule has 0 amide bonds. The number of rotatable bonds is 3. The molecule has 7 heteroatoms. The molecule has 0 fully saturated rings. The first-order chi connectivity index (χ1) is 4.72. The van der Waals surface area contributed by atoms with Gasteiger partial charge in [-0.15, -0.1) is 17.5 Å². The maximum atomic E-state index is 9.52. The predicted octanol–water partition coefficient (Wildman–Crippen LogP) is 0.701. The monoisotopic (exact) mass is 179 g/mol. The quantitative estimate of drug-likeness (QED) is 0.127. The highest BCUT2D eigenvalue weighted by Crippen LogP contribution is 1.97. The van der Waals surface area contributed by atoms with Crippen molar-refractivity contribution in [3.8, 4) is 0 Å². The number of oxime groups is 1. The van der Waals surface area contributed by atoms with Crippen LogP contribution in [0.25, 0.3) is 0 Å². The fourth-order valence-corrected chi connectivity index (χ4v) is 0.421. The van der Waals surface area contributed by atoms with E-state index in [1.54, 1.807) is 0 Å². The number of hydrogen-bond acceptors (Lipinski definition) is 5. The first-order valence-electron chi connectivity index (χ1n) is 2.22. The second-order valence-electron chi connectivity index (χ2n) is 1.24. The van der Waals surface area contributed by atoms with Gasteiger partial charge in [-0.1, -0.05) is 14.4 Å². The molecule has 1 unspecified atom stereocenters. The van der Waals surface area contributed by atoms with Gasteiger partial charge in [-0.2, -0.15) is 0 Å². The number of aliphatic imine (C=N–C) groups is 1. The number of hydrogen-bond donors (Lipinski definition) is 2. The molecule has 5 nitrogen and oxygen atoms in total. The van der Waals surface area contributed by atoms with Crippen molar-refractivity contribution in [1.82, 2.24) is 0 Å². The average Bonchev–Trinajstić information content (AvgIpc) is 1.98. The second-order valence-corrected chi connectivity index (χ2v) is 2.21. The SMILES string of the molecule is O=NC/N=C(S)\C(P)=N/O. The Hall–Kier alpha value is -0.480. The van der Waals surface area contributed by atoms with Crippen LogP contribution in [-0.2, 0) is 0 Å². The molecule has 0 aliphatic heterocycles. The van der Waals surface area contributed by atoms with Gasteiger partial charge in [0, 0.05) is 0 Å². The fraction of sp³-hybridized carbons (Fsp3) is 0.333. The maximum Gasteiger partial charge on any atom is 0.172 e. The van der Waals surface area contributed by atoms with Crippen LogP contribution in [0.5, 0.6) is 0 Å². The summed E-state index contributed by atoms with van der Waals surface area (Å²) in [4.78, 5) is 13.0. The summed E-state index contributed by atoms with van der Waals surface area (Å²) in [5.41, 5.74) is 0.173. The zero-order chi connectivity index (χ0) is 7.98. The highest BCUT2D eigenvalue weighted by atomic mass is 32.1. The number of nitrogens with zero attached hydrogens (tertiary/aromatic N) is 3. The summed E-state index contributed by atoms with van der Waals surface area (Å²) in [5, 5.41) is 13.5. The molecule has 0 saturated heterocycles. The summed E-state index contributed by atoms with van der Waals surface area (Å²) < 4.78 is 0. The van der Waals surface area contributed by atoms with E-state index in [9.17, 15) is 4.91 Å². The van der Waals surface area contributed by atoms with Gasteiger partial charge in [0.1, 0.15) is 10.5 Å². The van der Waals surface area contributed by atoms with Crippen molar-refractivity contribution >= 4 is 32.4 Å². The minimum absolute atomic E-state index is 0.173. The Balaban J connectivity index is 4.05. The largest absolute Gasteiger partial charge is 0.410 e. The lowest BCUT2D eigenvalue weighted by Crippen LogP contribution is -1.98. The number of nitroso groups, excluding NO2 is 1. The smallest absolute Gasteiger partial charge is 0.172 e. The Morgan fingerprint density at radius 2 is 2.30 bits per heavy atom. The summed E-state index contributed by atoms with van der Waals surface area (Å²) in [6, 6.07) is 0. The Bertz CT molecular complexity index is 181. The van der Waals surface area contributed by atoms with E-state index in [1.807, 2.05) is 0 Å². The average molecular weight is 179 g/mol. The molecular formula is C3H6N3O2PS. The van der Waals surface area contributed by atoms with Crippen LogP contribution in [0.1, 0.15) is 0 Å². The van der Waals surface area contributed by atoms with Crippen LogP contribution in [0, 0.1) is 4.91 Å². The van der Waals surface area contributed by atoms with E-state index in [4.69, 9.17) is 5.21 Å². The minimum atomic E-state index is -0.216. The molecule has 1 atom stereocenters. The zero-order valence-corrected chi connectivity index (χ0v) is 6.98. The fourth-order valence-electron chi connectivity index (χ4n) is 0.222. The van der Waals surface area contributed by atoms with Crippen molar-refractivity contribution in [2.75, 3.05) is 6.67 Å². The molecule has 0 bridgehead atoms. The van der Waals surface area contributed by atoms with Crippen LogP contribution in [0.2, 0.25) is 0 Å². The molecule has 0 aliphatic carbocycles. The van der Waals surface area contributed by atoms with Crippen molar-refractivity contribution in [3.63, 3.8) is 0 Å². The van der Waals surface area contributed by atoms with Gasteiger partial charge in [-0.25, -0.2) is 4.99 Å². The van der Waals surface area contributed by atoms with Gasteiger partial charge in [0.2, 0.25) is 0 Å². The lowest BCUT2D eigenvalue weighted by Gasteiger charge is -1.91. The predicted molar refractivity (Wildman–Crippen MR) is 46.0 cm³/mol. The molecule has 56 valence electrons. The molecule has 0 aromatic heterocycles. The first kappa shape index (κ1) is 9.52. The Morgan fingerprint density at radius 3 is 2.70 bits per heavy atom. The Labute approximate surface area is 65.2 Å². The van der Waals surface area contributed by atoms with Crippen LogP contribution >= 0.6 is 21.9 Å². The van der Waals surface area contributed by atoms with Crippen LogP contribution in [0.15, 0.2) is 15.3 Å². The topological polar surface area (TPSA) is 74.4 Å². The van der Waals surface area contributed by atoms with E-state index >= 15 is 0 Å². The third-order valence-corrected chi connectivity index (χ3v) is 1.62. The van der Waals surface area contributed by atoms with Crippen molar-refractivity contribution in [3.05, 3.63) is 4.91 Å². The van der Waals surface area contributed by atoms with Crippen molar-refractivity contribution in [2.45, 2.75) is 0 Å². The molecule has 0 aliphatic rings. The van der Waals surface area contributed by atoms with E-state index in [1.165, 1.54) is 0 Å². The normalized spacial score (nSPS) is 13.4. The van der Waals surface area contributed by atoms with E-state index in [0.29, 0.717) is 0 Å². The first-order valence-corrected chi connectivity index (χ1v) is 3.25. The van der Waals surface area contributed by atoms with E-state index < -0.39 is 0 Å². The third-order valence-electron chi connectivity index (χ3n) is 0.615. The Morgan fingerprint density at radius 1 is 1.70 bits per heavy atom. The Kier molecular flexibility index (Phi) is 5.06. The van der Waals surface area contributed by atoms with Gasteiger partial charge < -0.3 is 5.21 Å². The molecule has 10 heavy (non-hydrogen) atoms. The molecule has 0 spiro atoms. The summed E-state index contributed by atoms with van der Waals surface area (Å²) >= 11 is 3.78. The zero-order valence-electron chi connectivity index (χ0n) is 4.93. The molecule has 0 aromatic carbocycles. The molecule has 1 N–H and O–H groups in total. The van der Waals surface area contributed by atoms with Crippen molar-refractivity contribution in [2.24, 2.45) is 15.3 Å².